The van der Waals surface area contributed by atoms with E-state index in [0.29, 0.717) is 61.4 Å². The maximum absolute atomic E-state index is 13.8. The van der Waals surface area contributed by atoms with E-state index in [-0.39, 0.29) is 57.6 Å². The second-order valence-electron chi connectivity index (χ2n) is 20.7. The third-order valence-electron chi connectivity index (χ3n) is 14.3. The quantitative estimate of drug-likeness (QED) is 0.0215. The zero-order valence-electron chi connectivity index (χ0n) is 47.9. The summed E-state index contributed by atoms with van der Waals surface area (Å²) in [6.45, 7) is 1.35. The number of benzene rings is 5. The van der Waals surface area contributed by atoms with Gasteiger partial charge in [0.05, 0.1) is 55.5 Å². The van der Waals surface area contributed by atoms with E-state index in [1.165, 1.54) is 12.1 Å². The number of aliphatic carboxylic acids is 2. The van der Waals surface area contributed by atoms with Crippen LogP contribution in [0.3, 0.4) is 0 Å². The summed E-state index contributed by atoms with van der Waals surface area (Å²) >= 11 is 1.64. The Morgan fingerprint density at radius 1 is 0.412 bits per heavy atom. The zero-order chi connectivity index (χ0) is 59.4. The molecule has 0 aliphatic rings. The van der Waals surface area contributed by atoms with Gasteiger partial charge in [0.15, 0.2) is 0 Å². The van der Waals surface area contributed by atoms with Crippen LogP contribution in [0.5, 0.6) is 23.3 Å². The molecule has 0 saturated carbocycles. The van der Waals surface area contributed by atoms with E-state index in [0.717, 1.165) is 118 Å². The monoisotopic (exact) mass is 1170 g/mol. The van der Waals surface area contributed by atoms with Gasteiger partial charge in [-0.1, -0.05) is 117 Å². The van der Waals surface area contributed by atoms with Crippen LogP contribution in [0, 0.1) is 5.82 Å². The fourth-order valence-corrected chi connectivity index (χ4v) is 10.7. The summed E-state index contributed by atoms with van der Waals surface area (Å²) in [5.41, 5.74) is 10.1. The Hall–Kier alpha value is -8.69. The molecule has 0 aliphatic carbocycles. The minimum absolute atomic E-state index is 0.0366. The van der Waals surface area contributed by atoms with Crippen molar-refractivity contribution >= 4 is 35.2 Å². The van der Waals surface area contributed by atoms with Crippen LogP contribution < -0.4 is 18.9 Å². The van der Waals surface area contributed by atoms with Gasteiger partial charge in [-0.2, -0.15) is 0 Å². The number of hydrogen-bond donors (Lipinski definition) is 2. The molecular formula is C70H73FN2O11S. The molecule has 0 amide bonds. The van der Waals surface area contributed by atoms with Gasteiger partial charge in [-0.25, -0.2) is 14.4 Å². The first-order valence-corrected chi connectivity index (χ1v) is 30.3. The number of nitrogens with zero attached hydrogens (tertiary/aromatic N) is 2. The van der Waals surface area contributed by atoms with Gasteiger partial charge in [0.2, 0.25) is 11.8 Å². The van der Waals surface area contributed by atoms with E-state index in [9.17, 15) is 33.8 Å². The van der Waals surface area contributed by atoms with E-state index >= 15 is 0 Å². The highest BCUT2D eigenvalue weighted by atomic mass is 32.1. The van der Waals surface area contributed by atoms with Gasteiger partial charge in [0.25, 0.3) is 0 Å². The van der Waals surface area contributed by atoms with Gasteiger partial charge in [-0.3, -0.25) is 19.2 Å². The van der Waals surface area contributed by atoms with Gasteiger partial charge in [-0.05, 0) is 169 Å². The standard InChI is InChI=1S/C70H73FN2O11S/c71-57-35-33-54(34-36-57)60-46-55(50-20-9-5-10-21-50)48-65(72-60)82-41-13-3-1-7-24-52-26-15-28-62(80-43-17-31-67(74)75)58(52)37-39-69(78)84-70(79)40-38-59-53(27-16-29-63(59)81-44-18-32-68(76)77)25-8-2-4-14-42-83-66-49-56(51-22-11-6-12-23-51)47-61(73-66)64-30-19-45-85-64/h5-6,9-12,15-16,19-23,26-30,33-36,45-49H,1-4,7-8,13-14,17-18,24-25,31-32,37-44H2,(H,74,75)(H,76,77). The SMILES string of the molecule is O=C(O)CCCOc1cccc(CCCCCCOc2cc(-c3ccccc3)cc(-c3ccc(F)cc3)n2)c1CCC(=O)OC(=O)CCc1c(CCCCCCOc2cc(-c3ccccc3)cc(-c3cccs3)n2)cccc1OCCCC(=O)O. The second kappa shape index (κ2) is 33.6. The van der Waals surface area contributed by atoms with E-state index in [2.05, 4.69) is 24.3 Å². The smallest absolute Gasteiger partial charge is 0.313 e. The predicted octanol–water partition coefficient (Wildman–Crippen LogP) is 15.8. The third-order valence-corrected chi connectivity index (χ3v) is 15.2. The molecule has 5 aromatic carbocycles. The lowest BCUT2D eigenvalue weighted by atomic mass is 9.96. The van der Waals surface area contributed by atoms with E-state index in [4.69, 9.17) is 33.7 Å². The molecule has 0 radical (unpaired) electrons. The molecule has 8 aromatic rings. The van der Waals surface area contributed by atoms with Crippen LogP contribution in [0.25, 0.3) is 44.1 Å². The van der Waals surface area contributed by atoms with Gasteiger partial charge in [0.1, 0.15) is 17.3 Å². The van der Waals surface area contributed by atoms with Crippen molar-refractivity contribution in [3.8, 4) is 67.3 Å². The lowest BCUT2D eigenvalue weighted by Gasteiger charge is -2.16. The van der Waals surface area contributed by atoms with Crippen molar-refractivity contribution in [1.82, 2.24) is 9.97 Å². The largest absolute Gasteiger partial charge is 0.493 e. The van der Waals surface area contributed by atoms with Crippen LogP contribution in [-0.4, -0.2) is 70.5 Å². The molecule has 8 rings (SSSR count). The minimum atomic E-state index is -0.915. The van der Waals surface area contributed by atoms with Gasteiger partial charge in [0, 0.05) is 30.5 Å². The average molecular weight is 1170 g/mol. The van der Waals surface area contributed by atoms with Crippen molar-refractivity contribution in [1.29, 1.82) is 0 Å². The Labute approximate surface area is 500 Å². The molecule has 3 heterocycles. The summed E-state index contributed by atoms with van der Waals surface area (Å²) in [5.74, 6) is -1.27. The van der Waals surface area contributed by atoms with Gasteiger partial charge in [-0.15, -0.1) is 11.3 Å². The Morgan fingerprint density at radius 3 is 1.36 bits per heavy atom. The van der Waals surface area contributed by atoms with Crippen molar-refractivity contribution in [2.75, 3.05) is 26.4 Å². The average Bonchev–Trinajstić information content (AvgIpc) is 4.21. The minimum Gasteiger partial charge on any atom is -0.493 e. The predicted molar refractivity (Wildman–Crippen MR) is 329 cm³/mol. The lowest BCUT2D eigenvalue weighted by molar-refractivity contribution is -0.159. The summed E-state index contributed by atoms with van der Waals surface area (Å²) < 4.78 is 43.8. The summed E-state index contributed by atoms with van der Waals surface area (Å²) in [7, 11) is 0. The molecule has 15 heteroatoms. The molecule has 0 spiro atoms. The first-order valence-electron chi connectivity index (χ1n) is 29.4. The Balaban J connectivity index is 0.817. The van der Waals surface area contributed by atoms with Crippen molar-refractivity contribution in [2.24, 2.45) is 0 Å². The number of carbonyl (C=O) groups excluding carboxylic acids is 2. The number of unbranched alkanes of at least 4 members (excludes halogenated alkanes) is 6. The lowest BCUT2D eigenvalue weighted by Crippen LogP contribution is -2.15. The Bertz CT molecular complexity index is 3390. The Morgan fingerprint density at radius 2 is 0.882 bits per heavy atom. The number of rotatable bonds is 36. The van der Waals surface area contributed by atoms with Crippen LogP contribution in [-0.2, 0) is 49.6 Å². The zero-order valence-corrected chi connectivity index (χ0v) is 48.7. The van der Waals surface area contributed by atoms with E-state index in [1.54, 1.807) is 23.5 Å². The number of pyridine rings is 2. The van der Waals surface area contributed by atoms with Crippen LogP contribution in [0.1, 0.15) is 112 Å². The topological polar surface area (TPSA) is 181 Å². The number of ether oxygens (including phenoxy) is 5. The molecule has 13 nitrogen and oxygen atoms in total. The molecule has 0 bridgehead atoms. The van der Waals surface area contributed by atoms with Crippen molar-refractivity contribution in [3.05, 3.63) is 191 Å². The molecule has 3 aromatic heterocycles. The number of carboxylic acid groups (broad SMARTS) is 2. The van der Waals surface area contributed by atoms with Crippen LogP contribution in [0.2, 0.25) is 0 Å². The van der Waals surface area contributed by atoms with E-state index in [1.807, 2.05) is 115 Å². The molecule has 0 saturated heterocycles. The number of halogens is 1. The highest BCUT2D eigenvalue weighted by Gasteiger charge is 2.19. The summed E-state index contributed by atoms with van der Waals surface area (Å²) in [4.78, 5) is 60.0. The third kappa shape index (κ3) is 20.6. The highest BCUT2D eigenvalue weighted by Crippen LogP contribution is 2.33. The molecule has 0 aliphatic heterocycles. The van der Waals surface area contributed by atoms with Crippen molar-refractivity contribution in [3.63, 3.8) is 0 Å². The second-order valence-corrected chi connectivity index (χ2v) is 21.7. The van der Waals surface area contributed by atoms with Gasteiger partial charge >= 0.3 is 23.9 Å². The fraction of sp³-hybridized carbons (Fsp3) is 0.314. The number of esters is 2. The molecule has 0 atom stereocenters. The maximum atomic E-state index is 13.8. The fourth-order valence-electron chi connectivity index (χ4n) is 9.99. The molecule has 0 fully saturated rings. The van der Waals surface area contributed by atoms with Crippen molar-refractivity contribution < 1.29 is 57.5 Å². The highest BCUT2D eigenvalue weighted by molar-refractivity contribution is 7.13. The van der Waals surface area contributed by atoms with Crippen LogP contribution >= 0.6 is 11.3 Å². The molecule has 85 heavy (non-hydrogen) atoms. The summed E-state index contributed by atoms with van der Waals surface area (Å²) in [6.07, 6.45) is 9.31. The number of aryl methyl sites for hydroxylation is 2. The number of thiophene rings is 1. The van der Waals surface area contributed by atoms with Gasteiger partial charge < -0.3 is 33.9 Å². The maximum Gasteiger partial charge on any atom is 0.313 e. The molecule has 2 N–H and O–H groups in total. The molecule has 442 valence electrons. The number of hydrogen-bond acceptors (Lipinski definition) is 12. The van der Waals surface area contributed by atoms with E-state index < -0.39 is 23.9 Å². The van der Waals surface area contributed by atoms with Crippen LogP contribution in [0.4, 0.5) is 4.39 Å². The molecule has 0 unspecified atom stereocenters. The normalized spacial score (nSPS) is 11.0. The first-order chi connectivity index (χ1) is 41.5. The molecular weight excluding hydrogens is 1100 g/mol. The summed E-state index contributed by atoms with van der Waals surface area (Å²) in [6, 6.07) is 49.9. The first kappa shape index (κ1) is 62.4. The summed E-state index contributed by atoms with van der Waals surface area (Å²) in [5, 5.41) is 20.5. The van der Waals surface area contributed by atoms with Crippen LogP contribution in [0.15, 0.2) is 163 Å². The Kier molecular flexibility index (Phi) is 24.6. The number of aromatic nitrogens is 2. The number of carboxylic acids is 2. The number of carbonyl (C=O) groups is 4. The van der Waals surface area contributed by atoms with Crippen molar-refractivity contribution in [2.45, 2.75) is 116 Å².